The normalized spacial score (nSPS) is 15.7. The van der Waals surface area contributed by atoms with Crippen molar-refractivity contribution in [2.75, 3.05) is 4.90 Å². The molecule has 2 heterocycles. The number of hydrogen-bond acceptors (Lipinski definition) is 3. The molecule has 2 atom stereocenters. The van der Waals surface area contributed by atoms with Crippen LogP contribution in [-0.2, 0) is 38.1 Å². The Morgan fingerprint density at radius 3 is 1.76 bits per heavy atom. The quantitative estimate of drug-likeness (QED) is 0.370. The van der Waals surface area contributed by atoms with Gasteiger partial charge in [-0.15, -0.1) is 12.1 Å². The van der Waals surface area contributed by atoms with Gasteiger partial charge in [0.25, 0.3) is 0 Å². The van der Waals surface area contributed by atoms with Crippen LogP contribution >= 0.6 is 0 Å². The summed E-state index contributed by atoms with van der Waals surface area (Å²) in [6.45, 7) is 34.7. The zero-order valence-electron chi connectivity index (χ0n) is 24.8. The number of fused-ring (bicyclic) bond motifs is 1. The molecule has 0 aliphatic carbocycles. The molecule has 0 bridgehead atoms. The van der Waals surface area contributed by atoms with Gasteiger partial charge in [0.1, 0.15) is 0 Å². The molecule has 0 saturated carbocycles. The molecule has 0 aliphatic rings. The number of rotatable bonds is 4. The maximum Gasteiger partial charge on any atom is 0.154 e. The Morgan fingerprint density at radius 1 is 0.853 bits per heavy atom. The second-order valence-corrected chi connectivity index (χ2v) is 15.1. The minimum Gasteiger partial charge on any atom is -0.408 e. The molecular formula is C29H50N4Y-2. The van der Waals surface area contributed by atoms with E-state index < -0.39 is 0 Å². The Hall–Kier alpha value is -0.476. The van der Waals surface area contributed by atoms with Crippen molar-refractivity contribution in [2.24, 2.45) is 22.2 Å². The molecule has 0 aliphatic heterocycles. The first-order valence-electron chi connectivity index (χ1n) is 12.5. The summed E-state index contributed by atoms with van der Waals surface area (Å²) in [5, 5.41) is 4.56. The van der Waals surface area contributed by atoms with E-state index in [2.05, 4.69) is 126 Å². The average molecular weight is 544 g/mol. The minimum atomic E-state index is -0.142. The first-order chi connectivity index (χ1) is 14.5. The van der Waals surface area contributed by atoms with Crippen molar-refractivity contribution in [3.63, 3.8) is 0 Å². The summed E-state index contributed by atoms with van der Waals surface area (Å²) >= 11 is 0. The van der Waals surface area contributed by atoms with Gasteiger partial charge in [0.2, 0.25) is 0 Å². The van der Waals surface area contributed by atoms with Crippen LogP contribution < -0.4 is 4.90 Å². The van der Waals surface area contributed by atoms with Gasteiger partial charge in [-0.05, 0) is 37.4 Å². The largest absolute Gasteiger partial charge is 0.408 e. The average Bonchev–Trinajstić information content (AvgIpc) is 2.97. The van der Waals surface area contributed by atoms with Crippen molar-refractivity contribution in [2.45, 2.75) is 121 Å². The van der Waals surface area contributed by atoms with E-state index in [0.717, 1.165) is 17.0 Å². The summed E-state index contributed by atoms with van der Waals surface area (Å²) in [4.78, 5) is 7.75. The van der Waals surface area contributed by atoms with Gasteiger partial charge in [-0.25, -0.2) is 0 Å². The molecule has 0 amide bonds. The first kappa shape index (κ1) is 31.6. The van der Waals surface area contributed by atoms with E-state index in [1.54, 1.807) is 0 Å². The predicted octanol–water partition coefficient (Wildman–Crippen LogP) is 7.76. The van der Waals surface area contributed by atoms with Crippen molar-refractivity contribution in [1.29, 1.82) is 0 Å². The summed E-state index contributed by atoms with van der Waals surface area (Å²) in [6, 6.07) is 3.73. The molecule has 5 heteroatoms. The van der Waals surface area contributed by atoms with E-state index >= 15 is 0 Å². The Morgan fingerprint density at radius 2 is 1.38 bits per heavy atom. The van der Waals surface area contributed by atoms with E-state index in [1.165, 1.54) is 0 Å². The van der Waals surface area contributed by atoms with Gasteiger partial charge >= 0.3 is 0 Å². The van der Waals surface area contributed by atoms with Gasteiger partial charge < -0.3 is 17.4 Å². The van der Waals surface area contributed by atoms with Crippen LogP contribution in [0.3, 0.4) is 0 Å². The van der Waals surface area contributed by atoms with E-state index in [-0.39, 0.29) is 65.9 Å². The zero-order chi connectivity index (χ0) is 25.8. The number of aromatic nitrogens is 3. The van der Waals surface area contributed by atoms with Crippen LogP contribution in [-0.4, -0.2) is 26.2 Å². The first-order valence-corrected chi connectivity index (χ1v) is 12.5. The van der Waals surface area contributed by atoms with Crippen LogP contribution in [0.1, 0.15) is 109 Å². The van der Waals surface area contributed by atoms with Crippen molar-refractivity contribution < 1.29 is 32.7 Å². The van der Waals surface area contributed by atoms with Gasteiger partial charge in [-0.3, -0.25) is 9.50 Å². The molecule has 1 radical (unpaired) electrons. The Labute approximate surface area is 235 Å². The summed E-state index contributed by atoms with van der Waals surface area (Å²) in [6.07, 6.45) is 6.47. The molecule has 0 fully saturated rings. The zero-order valence-corrected chi connectivity index (χ0v) is 27.6. The van der Waals surface area contributed by atoms with Crippen molar-refractivity contribution in [3.05, 3.63) is 30.4 Å². The Kier molecular flexibility index (Phi) is 9.39. The Bertz CT molecular complexity index is 940. The van der Waals surface area contributed by atoms with Crippen molar-refractivity contribution in [1.82, 2.24) is 14.6 Å². The number of hydrogen-bond donors (Lipinski definition) is 0. The fraction of sp³-hybridized carbons (Fsp3) is 0.759. The molecule has 0 aromatic carbocycles. The van der Waals surface area contributed by atoms with Crippen LogP contribution in [0.25, 0.3) is 5.65 Å². The maximum absolute atomic E-state index is 5.22. The van der Waals surface area contributed by atoms with Crippen LogP contribution in [0.15, 0.2) is 12.4 Å². The fourth-order valence-electron chi connectivity index (χ4n) is 4.77. The number of nitrogens with zero attached hydrogens (tertiary/aromatic N) is 4. The summed E-state index contributed by atoms with van der Waals surface area (Å²) in [5.41, 5.74) is 2.12. The van der Waals surface area contributed by atoms with E-state index in [4.69, 9.17) is 4.98 Å². The molecule has 2 aromatic heterocycles. The Balaban J connectivity index is 0.00000578. The standard InChI is InChI=1S/C29H50N4.Y/c1-25(2,3)18-20(26(4,5)6)23(28(10,11)12)33(29(13,14)15)22-16-17-32-24(31-22)21(19-30-32)27(7,8)9;/h17-20,23H,1-15H3;/q-2;. The molecule has 2 unspecified atom stereocenters. The van der Waals surface area contributed by atoms with E-state index in [0.29, 0.717) is 5.92 Å². The van der Waals surface area contributed by atoms with Gasteiger partial charge in [-0.1, -0.05) is 88.5 Å². The topological polar surface area (TPSA) is 33.4 Å². The third-order valence-corrected chi connectivity index (χ3v) is 6.24. The predicted molar refractivity (Wildman–Crippen MR) is 143 cm³/mol. The molecule has 4 nitrogen and oxygen atoms in total. The molecular weight excluding hydrogens is 493 g/mol. The van der Waals surface area contributed by atoms with Gasteiger partial charge in [0, 0.05) is 49.9 Å². The van der Waals surface area contributed by atoms with Crippen LogP contribution in [0.4, 0.5) is 5.82 Å². The minimum absolute atomic E-state index is 0. The fourth-order valence-corrected chi connectivity index (χ4v) is 4.77. The van der Waals surface area contributed by atoms with Crippen LogP contribution in [0, 0.1) is 34.7 Å². The molecule has 191 valence electrons. The van der Waals surface area contributed by atoms with Crippen LogP contribution in [0.2, 0.25) is 0 Å². The second kappa shape index (κ2) is 10.1. The SMILES string of the molecule is CC(C)(C)[CH-]C(C(N(c1[c-]cn2ncc(C(C)(C)C)c2n1)C(C)(C)C)C(C)(C)C)C(C)(C)C.[Y]. The second-order valence-electron chi connectivity index (χ2n) is 15.1. The summed E-state index contributed by atoms with van der Waals surface area (Å²) in [5.74, 6) is 1.24. The monoisotopic (exact) mass is 543 g/mol. The molecule has 0 N–H and O–H groups in total. The summed E-state index contributed by atoms with van der Waals surface area (Å²) < 4.78 is 1.86. The molecule has 0 spiro atoms. The van der Waals surface area contributed by atoms with Gasteiger partial charge in [-0.2, -0.15) is 10.5 Å². The molecule has 2 aromatic rings. The summed E-state index contributed by atoms with van der Waals surface area (Å²) in [7, 11) is 0. The third kappa shape index (κ3) is 7.51. The van der Waals surface area contributed by atoms with Gasteiger partial charge in [0.15, 0.2) is 5.65 Å². The molecule has 0 saturated heterocycles. The third-order valence-electron chi connectivity index (χ3n) is 6.24. The molecule has 34 heavy (non-hydrogen) atoms. The maximum atomic E-state index is 5.22. The van der Waals surface area contributed by atoms with Gasteiger partial charge in [0.05, 0.1) is 6.20 Å². The number of anilines is 1. The van der Waals surface area contributed by atoms with Crippen molar-refractivity contribution in [3.8, 4) is 0 Å². The smallest absolute Gasteiger partial charge is 0.154 e. The van der Waals surface area contributed by atoms with Crippen LogP contribution in [0.5, 0.6) is 0 Å². The van der Waals surface area contributed by atoms with E-state index in [1.807, 2.05) is 16.9 Å². The van der Waals surface area contributed by atoms with E-state index in [9.17, 15) is 0 Å². The molecule has 2 rings (SSSR count). The van der Waals surface area contributed by atoms with Crippen molar-refractivity contribution >= 4 is 11.5 Å².